The molecular formula is C17H20FN3O3S. The van der Waals surface area contributed by atoms with E-state index in [1.807, 2.05) is 0 Å². The van der Waals surface area contributed by atoms with Gasteiger partial charge in [0, 0.05) is 26.7 Å². The zero-order chi connectivity index (χ0) is 18.6. The van der Waals surface area contributed by atoms with Crippen LogP contribution in [0.15, 0.2) is 48.5 Å². The zero-order valence-electron chi connectivity index (χ0n) is 14.2. The fourth-order valence-electron chi connectivity index (χ4n) is 2.21. The van der Waals surface area contributed by atoms with Crippen LogP contribution in [0.4, 0.5) is 10.1 Å². The summed E-state index contributed by atoms with van der Waals surface area (Å²) in [7, 11) is 0.405. The van der Waals surface area contributed by atoms with Crippen molar-refractivity contribution in [2.24, 2.45) is 0 Å². The Morgan fingerprint density at radius 1 is 1.08 bits per heavy atom. The maximum atomic E-state index is 14.2. The number of benzene rings is 2. The summed E-state index contributed by atoms with van der Waals surface area (Å²) >= 11 is 0. The molecule has 0 heterocycles. The number of hydrogen-bond acceptors (Lipinski definition) is 3. The largest absolute Gasteiger partial charge is 0.355 e. The average molecular weight is 365 g/mol. The molecule has 8 heteroatoms. The van der Waals surface area contributed by atoms with Crippen molar-refractivity contribution in [3.05, 3.63) is 65.5 Å². The van der Waals surface area contributed by atoms with Gasteiger partial charge in [0.1, 0.15) is 5.82 Å². The Morgan fingerprint density at radius 2 is 1.68 bits per heavy atom. The van der Waals surface area contributed by atoms with Crippen molar-refractivity contribution in [1.29, 1.82) is 0 Å². The van der Waals surface area contributed by atoms with E-state index in [2.05, 4.69) is 5.32 Å². The Morgan fingerprint density at radius 3 is 2.20 bits per heavy atom. The summed E-state index contributed by atoms with van der Waals surface area (Å²) in [6, 6.07) is 12.2. The summed E-state index contributed by atoms with van der Waals surface area (Å²) in [5.74, 6) is -0.867. The summed E-state index contributed by atoms with van der Waals surface area (Å²) in [4.78, 5) is 11.6. The topological polar surface area (TPSA) is 69.7 Å². The quantitative estimate of drug-likeness (QED) is 0.851. The van der Waals surface area contributed by atoms with E-state index in [9.17, 15) is 17.6 Å². The molecule has 0 saturated heterocycles. The summed E-state index contributed by atoms with van der Waals surface area (Å²) in [6.07, 6.45) is 0. The minimum absolute atomic E-state index is 0.0356. The second-order valence-corrected chi connectivity index (χ2v) is 7.59. The van der Waals surface area contributed by atoms with Crippen molar-refractivity contribution in [2.75, 3.05) is 25.4 Å². The first-order chi connectivity index (χ1) is 11.8. The van der Waals surface area contributed by atoms with Gasteiger partial charge in [-0.2, -0.15) is 12.7 Å². The van der Waals surface area contributed by atoms with Crippen LogP contribution in [0.3, 0.4) is 0 Å². The normalized spacial score (nSPS) is 11.4. The Labute approximate surface area is 147 Å². The molecule has 134 valence electrons. The highest BCUT2D eigenvalue weighted by Gasteiger charge is 2.27. The van der Waals surface area contributed by atoms with Crippen molar-refractivity contribution in [3.8, 4) is 0 Å². The highest BCUT2D eigenvalue weighted by molar-refractivity contribution is 7.90. The summed E-state index contributed by atoms with van der Waals surface area (Å²) in [5, 5.41) is 2.51. The van der Waals surface area contributed by atoms with E-state index in [1.165, 1.54) is 39.3 Å². The van der Waals surface area contributed by atoms with Gasteiger partial charge in [0.05, 0.1) is 12.2 Å². The van der Waals surface area contributed by atoms with Crippen LogP contribution in [0, 0.1) is 5.82 Å². The second-order valence-electron chi connectivity index (χ2n) is 5.52. The van der Waals surface area contributed by atoms with E-state index < -0.39 is 16.0 Å². The molecule has 0 spiro atoms. The highest BCUT2D eigenvalue weighted by Crippen LogP contribution is 2.25. The number of hydrogen-bond donors (Lipinski definition) is 1. The molecule has 25 heavy (non-hydrogen) atoms. The molecule has 0 radical (unpaired) electrons. The predicted octanol–water partition coefficient (Wildman–Crippen LogP) is 2.00. The van der Waals surface area contributed by atoms with Crippen molar-refractivity contribution < 1.29 is 17.6 Å². The number of amides is 1. The molecule has 2 rings (SSSR count). The molecular weight excluding hydrogens is 345 g/mol. The molecule has 0 saturated carbocycles. The minimum Gasteiger partial charge on any atom is -0.355 e. The number of halogens is 1. The van der Waals surface area contributed by atoms with Gasteiger partial charge < -0.3 is 5.32 Å². The molecule has 0 bridgehead atoms. The molecule has 6 nitrogen and oxygen atoms in total. The number of para-hydroxylation sites is 1. The standard InChI is InChI=1S/C17H20FN3O3S/c1-19-17(22)14-10-8-13(9-11-14)12-21(25(23,24)20(2)3)16-7-5-4-6-15(16)18/h4-11H,12H2,1-3H3,(H,19,22). The lowest BCUT2D eigenvalue weighted by Crippen LogP contribution is -2.40. The van der Waals surface area contributed by atoms with Crippen LogP contribution in [0.2, 0.25) is 0 Å². The second kappa shape index (κ2) is 7.62. The van der Waals surface area contributed by atoms with Crippen LogP contribution in [-0.2, 0) is 16.8 Å². The number of carbonyl (C=O) groups excluding carboxylic acids is 1. The fraction of sp³-hybridized carbons (Fsp3) is 0.235. The molecule has 0 aliphatic carbocycles. The molecule has 0 atom stereocenters. The fourth-order valence-corrected chi connectivity index (χ4v) is 3.32. The van der Waals surface area contributed by atoms with Crippen LogP contribution >= 0.6 is 0 Å². The Bertz CT molecular complexity index is 852. The first-order valence-corrected chi connectivity index (χ1v) is 8.93. The van der Waals surface area contributed by atoms with E-state index in [0.29, 0.717) is 11.1 Å². The van der Waals surface area contributed by atoms with Gasteiger partial charge in [-0.05, 0) is 29.8 Å². The SMILES string of the molecule is CNC(=O)c1ccc(CN(c2ccccc2F)S(=O)(=O)N(C)C)cc1. The van der Waals surface area contributed by atoms with Crippen molar-refractivity contribution in [1.82, 2.24) is 9.62 Å². The lowest BCUT2D eigenvalue weighted by Gasteiger charge is -2.27. The van der Waals surface area contributed by atoms with Gasteiger partial charge in [-0.25, -0.2) is 4.39 Å². The lowest BCUT2D eigenvalue weighted by atomic mass is 10.1. The van der Waals surface area contributed by atoms with Crippen LogP contribution in [0.25, 0.3) is 0 Å². The lowest BCUT2D eigenvalue weighted by molar-refractivity contribution is 0.0963. The maximum absolute atomic E-state index is 14.2. The van der Waals surface area contributed by atoms with E-state index in [0.717, 1.165) is 8.61 Å². The number of carbonyl (C=O) groups is 1. The molecule has 0 unspecified atom stereocenters. The third kappa shape index (κ3) is 4.15. The molecule has 1 N–H and O–H groups in total. The Balaban J connectivity index is 2.41. The number of nitrogens with zero attached hydrogens (tertiary/aromatic N) is 2. The number of nitrogens with one attached hydrogen (secondary N) is 1. The molecule has 2 aromatic rings. The Hall–Kier alpha value is -2.45. The first kappa shape index (κ1) is 18.9. The highest BCUT2D eigenvalue weighted by atomic mass is 32.2. The zero-order valence-corrected chi connectivity index (χ0v) is 15.0. The molecule has 0 fully saturated rings. The van der Waals surface area contributed by atoms with Crippen LogP contribution in [0.5, 0.6) is 0 Å². The summed E-state index contributed by atoms with van der Waals surface area (Å²) in [6.45, 7) is -0.0600. The Kier molecular flexibility index (Phi) is 5.76. The van der Waals surface area contributed by atoms with Crippen LogP contribution in [-0.4, -0.2) is 39.8 Å². The molecule has 0 aliphatic heterocycles. The first-order valence-electron chi connectivity index (χ1n) is 7.53. The van der Waals surface area contributed by atoms with Gasteiger partial charge in [-0.3, -0.25) is 9.10 Å². The number of anilines is 1. The van der Waals surface area contributed by atoms with E-state index >= 15 is 0 Å². The third-order valence-corrected chi connectivity index (χ3v) is 5.44. The van der Waals surface area contributed by atoms with Crippen molar-refractivity contribution in [2.45, 2.75) is 6.54 Å². The molecule has 0 aromatic heterocycles. The van der Waals surface area contributed by atoms with Crippen LogP contribution < -0.4 is 9.62 Å². The van der Waals surface area contributed by atoms with Crippen molar-refractivity contribution in [3.63, 3.8) is 0 Å². The van der Waals surface area contributed by atoms with Gasteiger partial charge in [0.2, 0.25) is 0 Å². The van der Waals surface area contributed by atoms with Crippen LogP contribution in [0.1, 0.15) is 15.9 Å². The summed E-state index contributed by atoms with van der Waals surface area (Å²) < 4.78 is 41.5. The number of rotatable bonds is 6. The van der Waals surface area contributed by atoms with Gasteiger partial charge in [-0.15, -0.1) is 0 Å². The van der Waals surface area contributed by atoms with Gasteiger partial charge in [0.15, 0.2) is 0 Å². The molecule has 1 amide bonds. The average Bonchev–Trinajstić information content (AvgIpc) is 2.60. The smallest absolute Gasteiger partial charge is 0.303 e. The van der Waals surface area contributed by atoms with E-state index in [-0.39, 0.29) is 18.1 Å². The maximum Gasteiger partial charge on any atom is 0.303 e. The summed E-state index contributed by atoms with van der Waals surface area (Å²) in [5.41, 5.74) is 1.05. The predicted molar refractivity (Wildman–Crippen MR) is 95.0 cm³/mol. The van der Waals surface area contributed by atoms with Crippen molar-refractivity contribution >= 4 is 21.8 Å². The van der Waals surface area contributed by atoms with E-state index in [1.54, 1.807) is 30.3 Å². The van der Waals surface area contributed by atoms with Gasteiger partial charge in [0.25, 0.3) is 5.91 Å². The minimum atomic E-state index is -3.90. The van der Waals surface area contributed by atoms with Gasteiger partial charge >= 0.3 is 10.2 Å². The molecule has 0 aliphatic rings. The molecule has 2 aromatic carbocycles. The third-order valence-electron chi connectivity index (χ3n) is 3.63. The monoisotopic (exact) mass is 365 g/mol. The van der Waals surface area contributed by atoms with E-state index in [4.69, 9.17) is 0 Å². The van der Waals surface area contributed by atoms with Gasteiger partial charge in [-0.1, -0.05) is 24.3 Å².